The molecule has 28 heavy (non-hydrogen) atoms. The van der Waals surface area contributed by atoms with Gasteiger partial charge in [-0.3, -0.25) is 9.59 Å². The number of amides is 2. The van der Waals surface area contributed by atoms with Gasteiger partial charge in [-0.05, 0) is 36.3 Å². The number of imide groups is 1. The van der Waals surface area contributed by atoms with Crippen molar-refractivity contribution in [2.45, 2.75) is 24.9 Å². The maximum absolute atomic E-state index is 13.6. The summed E-state index contributed by atoms with van der Waals surface area (Å²) >= 11 is 0. The van der Waals surface area contributed by atoms with Crippen molar-refractivity contribution in [1.29, 1.82) is 0 Å². The lowest BCUT2D eigenvalue weighted by Crippen LogP contribution is -2.56. The Labute approximate surface area is 163 Å². The van der Waals surface area contributed by atoms with Gasteiger partial charge in [-0.15, -0.1) is 0 Å². The normalized spacial score (nSPS) is 31.8. The largest absolute Gasteiger partial charge is 0.363 e. The van der Waals surface area contributed by atoms with Crippen molar-refractivity contribution in [3.05, 3.63) is 89.6 Å². The molecule has 2 saturated heterocycles. The van der Waals surface area contributed by atoms with Gasteiger partial charge in [0.25, 0.3) is 0 Å². The van der Waals surface area contributed by atoms with Gasteiger partial charge < -0.3 is 4.90 Å². The third kappa shape index (κ3) is 1.85. The van der Waals surface area contributed by atoms with Crippen molar-refractivity contribution < 1.29 is 9.59 Å². The fourth-order valence-corrected chi connectivity index (χ4v) is 5.69. The Kier molecular flexibility index (Phi) is 3.09. The van der Waals surface area contributed by atoms with Crippen LogP contribution in [0.4, 0.5) is 5.69 Å². The molecule has 7 rings (SSSR count). The highest BCUT2D eigenvalue weighted by Crippen LogP contribution is 2.60. The van der Waals surface area contributed by atoms with Gasteiger partial charge in [0.15, 0.2) is 0 Å². The Balaban J connectivity index is 1.53. The first-order chi connectivity index (χ1) is 13.7. The van der Waals surface area contributed by atoms with Gasteiger partial charge in [0.05, 0.1) is 29.6 Å². The van der Waals surface area contributed by atoms with E-state index in [1.165, 1.54) is 16.0 Å². The Bertz CT molecular complexity index is 1010. The van der Waals surface area contributed by atoms with Crippen LogP contribution in [0.1, 0.15) is 28.7 Å². The van der Waals surface area contributed by atoms with E-state index in [0.717, 1.165) is 5.56 Å². The van der Waals surface area contributed by atoms with Crippen LogP contribution in [-0.4, -0.2) is 22.8 Å². The zero-order valence-corrected chi connectivity index (χ0v) is 15.5. The van der Waals surface area contributed by atoms with Gasteiger partial charge >= 0.3 is 0 Å². The number of allylic oxidation sites excluding steroid dienone is 2. The summed E-state index contributed by atoms with van der Waals surface area (Å²) < 4.78 is 0. The molecule has 0 spiro atoms. The van der Waals surface area contributed by atoms with E-state index >= 15 is 0 Å². The summed E-state index contributed by atoms with van der Waals surface area (Å²) in [7, 11) is 0. The predicted octanol–water partition coefficient (Wildman–Crippen LogP) is 3.71. The van der Waals surface area contributed by atoms with Gasteiger partial charge in [-0.2, -0.15) is 0 Å². The summed E-state index contributed by atoms with van der Waals surface area (Å²) in [5.41, 5.74) is 4.21. The zero-order valence-electron chi connectivity index (χ0n) is 15.5. The fourth-order valence-electron chi connectivity index (χ4n) is 5.69. The van der Waals surface area contributed by atoms with E-state index < -0.39 is 0 Å². The van der Waals surface area contributed by atoms with Crippen LogP contribution in [0.3, 0.4) is 0 Å². The van der Waals surface area contributed by atoms with Crippen LogP contribution >= 0.6 is 0 Å². The van der Waals surface area contributed by atoms with Crippen LogP contribution in [-0.2, 0) is 9.59 Å². The SMILES string of the molecule is Cc1ccc(N2C(=O)C3C(C2=O)C2c4ccccc4C3C3C=CC=CN32)cc1. The average Bonchev–Trinajstić information content (AvgIpc) is 3.00. The molecule has 138 valence electrons. The number of benzene rings is 2. The molecule has 2 amide bonds. The molecule has 1 aliphatic carbocycles. The molecule has 4 aliphatic heterocycles. The van der Waals surface area contributed by atoms with Crippen LogP contribution in [0.2, 0.25) is 0 Å². The van der Waals surface area contributed by atoms with E-state index in [1.807, 2.05) is 49.4 Å². The van der Waals surface area contributed by atoms with Crippen LogP contribution in [0.25, 0.3) is 0 Å². The smallest absolute Gasteiger partial charge is 0.240 e. The molecular formula is C24H20N2O2. The highest BCUT2D eigenvalue weighted by molar-refractivity contribution is 6.23. The zero-order chi connectivity index (χ0) is 19.0. The highest BCUT2D eigenvalue weighted by atomic mass is 16.2. The van der Waals surface area contributed by atoms with Gasteiger partial charge in [0.1, 0.15) is 0 Å². The molecule has 5 atom stereocenters. The molecule has 2 fully saturated rings. The van der Waals surface area contributed by atoms with Crippen molar-refractivity contribution in [2.75, 3.05) is 4.90 Å². The molecule has 5 aliphatic rings. The summed E-state index contributed by atoms with van der Waals surface area (Å²) in [5.74, 6) is -0.748. The molecule has 0 aromatic heterocycles. The lowest BCUT2D eigenvalue weighted by atomic mass is 9.60. The predicted molar refractivity (Wildman–Crippen MR) is 106 cm³/mol. The van der Waals surface area contributed by atoms with Crippen molar-refractivity contribution in [1.82, 2.24) is 4.90 Å². The van der Waals surface area contributed by atoms with Crippen molar-refractivity contribution in [3.8, 4) is 0 Å². The van der Waals surface area contributed by atoms with Gasteiger partial charge in [-0.1, -0.05) is 54.1 Å². The van der Waals surface area contributed by atoms with E-state index in [4.69, 9.17) is 0 Å². The minimum atomic E-state index is -0.332. The van der Waals surface area contributed by atoms with E-state index in [2.05, 4.69) is 35.4 Å². The van der Waals surface area contributed by atoms with Gasteiger partial charge in [0, 0.05) is 12.1 Å². The van der Waals surface area contributed by atoms with Crippen LogP contribution in [0, 0.1) is 18.8 Å². The lowest BCUT2D eigenvalue weighted by Gasteiger charge is -2.55. The van der Waals surface area contributed by atoms with Gasteiger partial charge in [0.2, 0.25) is 11.8 Å². The second-order valence-corrected chi connectivity index (χ2v) is 8.16. The highest BCUT2D eigenvalue weighted by Gasteiger charge is 2.64. The molecule has 4 heterocycles. The minimum Gasteiger partial charge on any atom is -0.363 e. The van der Waals surface area contributed by atoms with Crippen molar-refractivity contribution >= 4 is 17.5 Å². The summed E-state index contributed by atoms with van der Waals surface area (Å²) in [6.45, 7) is 2.00. The molecular weight excluding hydrogens is 348 g/mol. The number of aryl methyl sites for hydroxylation is 1. The van der Waals surface area contributed by atoms with E-state index in [1.54, 1.807) is 0 Å². The Morgan fingerprint density at radius 2 is 1.50 bits per heavy atom. The second-order valence-electron chi connectivity index (χ2n) is 8.16. The number of hydrogen-bond donors (Lipinski definition) is 0. The molecule has 2 aromatic rings. The Morgan fingerprint density at radius 3 is 2.29 bits per heavy atom. The van der Waals surface area contributed by atoms with E-state index in [0.29, 0.717) is 5.69 Å². The first-order valence-electron chi connectivity index (χ1n) is 9.82. The third-order valence-electron chi connectivity index (χ3n) is 6.80. The number of rotatable bonds is 1. The molecule has 4 heteroatoms. The maximum atomic E-state index is 13.6. The molecule has 0 saturated carbocycles. The quantitative estimate of drug-likeness (QED) is 0.721. The number of carbonyl (C=O) groups is 2. The number of hydrogen-bond acceptors (Lipinski definition) is 3. The summed E-state index contributed by atoms with van der Waals surface area (Å²) in [6.07, 6.45) is 8.34. The number of nitrogens with zero attached hydrogens (tertiary/aromatic N) is 2. The number of carbonyl (C=O) groups excluding carboxylic acids is 2. The Morgan fingerprint density at radius 1 is 0.786 bits per heavy atom. The summed E-state index contributed by atoms with van der Waals surface area (Å²) in [4.78, 5) is 30.8. The van der Waals surface area contributed by atoms with Gasteiger partial charge in [-0.25, -0.2) is 4.90 Å². The van der Waals surface area contributed by atoms with E-state index in [-0.39, 0.29) is 41.7 Å². The monoisotopic (exact) mass is 368 g/mol. The van der Waals surface area contributed by atoms with Crippen LogP contribution < -0.4 is 4.90 Å². The Hall–Kier alpha value is -3.14. The first kappa shape index (κ1) is 15.9. The molecule has 4 nitrogen and oxygen atoms in total. The third-order valence-corrected chi connectivity index (χ3v) is 6.80. The van der Waals surface area contributed by atoms with Crippen molar-refractivity contribution in [3.63, 3.8) is 0 Å². The van der Waals surface area contributed by atoms with Crippen LogP contribution in [0.5, 0.6) is 0 Å². The average molecular weight is 368 g/mol. The first-order valence-corrected chi connectivity index (χ1v) is 9.82. The molecule has 2 bridgehead atoms. The number of piperidine rings is 1. The topological polar surface area (TPSA) is 40.6 Å². The number of anilines is 1. The molecule has 5 unspecified atom stereocenters. The maximum Gasteiger partial charge on any atom is 0.240 e. The van der Waals surface area contributed by atoms with E-state index in [9.17, 15) is 9.59 Å². The molecule has 2 aromatic carbocycles. The summed E-state index contributed by atoms with van der Waals surface area (Å²) in [6, 6.07) is 16.0. The lowest BCUT2D eigenvalue weighted by molar-refractivity contribution is -0.128. The molecule has 0 N–H and O–H groups in total. The minimum absolute atomic E-state index is 0.000650. The molecule has 0 radical (unpaired) electrons. The van der Waals surface area contributed by atoms with Crippen molar-refractivity contribution in [2.24, 2.45) is 11.8 Å². The standard InChI is InChI=1S/C24H20N2O2/c1-14-9-11-15(12-10-14)26-23(27)20-19-16-6-2-3-7-17(16)22(21(20)24(26)28)25-13-5-4-8-18(19)25/h2-13,18-22H,1H3. The second kappa shape index (κ2) is 5.44. The fraction of sp³-hybridized carbons (Fsp3) is 0.250. The van der Waals surface area contributed by atoms with Crippen LogP contribution in [0.15, 0.2) is 73.0 Å². The summed E-state index contributed by atoms with van der Waals surface area (Å²) in [5, 5.41) is 0.